The maximum absolute atomic E-state index is 12.2. The lowest BCUT2D eigenvalue weighted by Gasteiger charge is -2.43. The minimum atomic E-state index is -0.511. The maximum Gasteiger partial charge on any atom is 0.223 e. The lowest BCUT2D eigenvalue weighted by molar-refractivity contribution is -0.136. The van der Waals surface area contributed by atoms with Crippen LogP contribution in [0.4, 0.5) is 0 Å². The molecule has 0 heterocycles. The molecular weight excluding hydrogens is 328 g/mol. The van der Waals surface area contributed by atoms with Crippen molar-refractivity contribution >= 4 is 21.8 Å². The average molecular weight is 349 g/mol. The Morgan fingerprint density at radius 2 is 2.00 bits per heavy atom. The van der Waals surface area contributed by atoms with Crippen molar-refractivity contribution in [3.63, 3.8) is 0 Å². The Balaban J connectivity index is 1.72. The Bertz CT molecular complexity index is 529. The van der Waals surface area contributed by atoms with Crippen molar-refractivity contribution in [1.82, 2.24) is 4.90 Å². The van der Waals surface area contributed by atoms with E-state index in [1.54, 1.807) is 11.9 Å². The van der Waals surface area contributed by atoms with Crippen LogP contribution in [0.3, 0.4) is 0 Å². The minimum Gasteiger partial charge on any atom is -0.327 e. The van der Waals surface area contributed by atoms with E-state index >= 15 is 0 Å². The molecule has 0 spiro atoms. The second-order valence-electron chi connectivity index (χ2n) is 5.78. The zero-order valence-electron chi connectivity index (χ0n) is 12.4. The van der Waals surface area contributed by atoms with Gasteiger partial charge in [0.05, 0.1) is 6.07 Å². The van der Waals surface area contributed by atoms with Crippen LogP contribution < -0.4 is 0 Å². The Morgan fingerprint density at radius 3 is 2.52 bits per heavy atom. The molecule has 4 heteroatoms. The second kappa shape index (κ2) is 7.09. The van der Waals surface area contributed by atoms with E-state index in [9.17, 15) is 10.1 Å². The van der Waals surface area contributed by atoms with Crippen LogP contribution >= 0.6 is 15.9 Å². The van der Waals surface area contributed by atoms with Crippen molar-refractivity contribution < 1.29 is 4.79 Å². The molecule has 1 fully saturated rings. The number of hydrogen-bond donors (Lipinski definition) is 0. The van der Waals surface area contributed by atoms with Gasteiger partial charge in [-0.25, -0.2) is 0 Å². The number of halogens is 1. The highest BCUT2D eigenvalue weighted by atomic mass is 79.9. The average Bonchev–Trinajstić information content (AvgIpc) is 2.44. The number of rotatable bonds is 6. The molecule has 0 N–H and O–H groups in total. The van der Waals surface area contributed by atoms with E-state index in [-0.39, 0.29) is 5.91 Å². The van der Waals surface area contributed by atoms with E-state index in [1.165, 1.54) is 5.56 Å². The number of nitrogens with zero attached hydrogens (tertiary/aromatic N) is 2. The summed E-state index contributed by atoms with van der Waals surface area (Å²) in [6.45, 7) is 0. The smallest absolute Gasteiger partial charge is 0.223 e. The monoisotopic (exact) mass is 348 g/mol. The highest BCUT2D eigenvalue weighted by Gasteiger charge is 2.43. The van der Waals surface area contributed by atoms with Gasteiger partial charge in [0.2, 0.25) is 5.91 Å². The third-order valence-corrected chi connectivity index (χ3v) is 4.95. The summed E-state index contributed by atoms with van der Waals surface area (Å²) in [5.74, 6) is 0.104. The van der Waals surface area contributed by atoms with Crippen molar-refractivity contribution in [2.45, 2.75) is 50.5 Å². The molecule has 0 aliphatic heterocycles. The number of carbonyl (C=O) groups excluding carboxylic acids is 1. The van der Waals surface area contributed by atoms with Crippen LogP contribution in [-0.2, 0) is 11.2 Å². The van der Waals surface area contributed by atoms with E-state index in [1.807, 2.05) is 12.1 Å². The number of hydrogen-bond acceptors (Lipinski definition) is 2. The van der Waals surface area contributed by atoms with Crippen LogP contribution in [0.15, 0.2) is 28.7 Å². The fourth-order valence-corrected chi connectivity index (χ4v) is 2.96. The van der Waals surface area contributed by atoms with Gasteiger partial charge in [-0.05, 0) is 56.2 Å². The molecule has 0 saturated heterocycles. The van der Waals surface area contributed by atoms with Gasteiger partial charge in [0, 0.05) is 17.9 Å². The highest BCUT2D eigenvalue weighted by molar-refractivity contribution is 9.10. The molecule has 1 amide bonds. The van der Waals surface area contributed by atoms with Gasteiger partial charge >= 0.3 is 0 Å². The van der Waals surface area contributed by atoms with E-state index in [2.05, 4.69) is 34.1 Å². The number of aryl methyl sites for hydroxylation is 1. The van der Waals surface area contributed by atoms with Gasteiger partial charge in [-0.3, -0.25) is 4.79 Å². The van der Waals surface area contributed by atoms with Crippen molar-refractivity contribution in [2.24, 2.45) is 0 Å². The molecule has 0 atom stereocenters. The zero-order chi connectivity index (χ0) is 15.3. The van der Waals surface area contributed by atoms with Crippen LogP contribution in [0.25, 0.3) is 0 Å². The summed E-state index contributed by atoms with van der Waals surface area (Å²) in [6, 6.07) is 10.6. The van der Waals surface area contributed by atoms with E-state index in [0.29, 0.717) is 6.42 Å². The Kier molecular flexibility index (Phi) is 5.41. The summed E-state index contributed by atoms with van der Waals surface area (Å²) in [6.07, 6.45) is 6.11. The molecule has 0 aromatic heterocycles. The SMILES string of the molecule is CN(C(=O)CCCCc1ccc(Br)cc1)C1(C#N)CCC1. The predicted molar refractivity (Wildman–Crippen MR) is 86.7 cm³/mol. The molecule has 112 valence electrons. The van der Waals surface area contributed by atoms with E-state index in [4.69, 9.17) is 0 Å². The van der Waals surface area contributed by atoms with Crippen molar-refractivity contribution in [3.05, 3.63) is 34.3 Å². The molecule has 1 aromatic carbocycles. The fraction of sp³-hybridized carbons (Fsp3) is 0.529. The maximum atomic E-state index is 12.2. The molecule has 0 bridgehead atoms. The van der Waals surface area contributed by atoms with Gasteiger partial charge in [-0.1, -0.05) is 28.1 Å². The summed E-state index contributed by atoms with van der Waals surface area (Å²) in [7, 11) is 1.78. The quantitative estimate of drug-likeness (QED) is 0.727. The molecule has 1 aromatic rings. The molecule has 2 rings (SSSR count). The van der Waals surface area contributed by atoms with Gasteiger partial charge in [-0.2, -0.15) is 5.26 Å². The van der Waals surface area contributed by atoms with E-state index < -0.39 is 5.54 Å². The van der Waals surface area contributed by atoms with Crippen LogP contribution in [0.5, 0.6) is 0 Å². The van der Waals surface area contributed by atoms with Gasteiger partial charge in [0.25, 0.3) is 0 Å². The normalized spacial score (nSPS) is 15.9. The molecule has 1 aliphatic rings. The van der Waals surface area contributed by atoms with Crippen molar-refractivity contribution in [1.29, 1.82) is 5.26 Å². The zero-order valence-corrected chi connectivity index (χ0v) is 14.0. The summed E-state index contributed by atoms with van der Waals surface area (Å²) in [5.41, 5.74) is 0.787. The van der Waals surface area contributed by atoms with Crippen molar-refractivity contribution in [2.75, 3.05) is 7.05 Å². The number of unbranched alkanes of at least 4 members (excludes halogenated alkanes) is 1. The second-order valence-corrected chi connectivity index (χ2v) is 6.70. The third-order valence-electron chi connectivity index (χ3n) is 4.42. The molecule has 0 radical (unpaired) electrons. The fourth-order valence-electron chi connectivity index (χ4n) is 2.70. The summed E-state index contributed by atoms with van der Waals surface area (Å²) < 4.78 is 1.09. The molecule has 21 heavy (non-hydrogen) atoms. The lowest BCUT2D eigenvalue weighted by atomic mass is 9.76. The van der Waals surface area contributed by atoms with Gasteiger partial charge in [0.15, 0.2) is 0 Å². The molecule has 1 aliphatic carbocycles. The number of amides is 1. The topological polar surface area (TPSA) is 44.1 Å². The van der Waals surface area contributed by atoms with Crippen molar-refractivity contribution in [3.8, 4) is 6.07 Å². The van der Waals surface area contributed by atoms with E-state index in [0.717, 1.165) is 43.0 Å². The molecular formula is C17H21BrN2O. The molecule has 0 unspecified atom stereocenters. The van der Waals surface area contributed by atoms with Gasteiger partial charge < -0.3 is 4.90 Å². The molecule has 3 nitrogen and oxygen atoms in total. The van der Waals surface area contributed by atoms with Crippen LogP contribution in [0.2, 0.25) is 0 Å². The molecule has 1 saturated carbocycles. The minimum absolute atomic E-state index is 0.104. The Labute approximate surface area is 135 Å². The number of nitriles is 1. The van der Waals surface area contributed by atoms with Crippen LogP contribution in [0, 0.1) is 11.3 Å². The first-order valence-electron chi connectivity index (χ1n) is 7.50. The first kappa shape index (κ1) is 16.0. The first-order chi connectivity index (χ1) is 10.1. The Morgan fingerprint density at radius 1 is 1.33 bits per heavy atom. The lowest BCUT2D eigenvalue weighted by Crippen LogP contribution is -2.53. The standard InChI is InChI=1S/C17H21BrN2O/c1-20(17(13-19)11-4-12-17)16(21)6-3-2-5-14-7-9-15(18)10-8-14/h7-10H,2-6,11-12H2,1H3. The summed E-state index contributed by atoms with van der Waals surface area (Å²) >= 11 is 3.42. The number of benzene rings is 1. The first-order valence-corrected chi connectivity index (χ1v) is 8.29. The Hall–Kier alpha value is -1.34. The van der Waals surface area contributed by atoms with Crippen LogP contribution in [0.1, 0.15) is 44.1 Å². The largest absolute Gasteiger partial charge is 0.327 e. The summed E-state index contributed by atoms with van der Waals surface area (Å²) in [5, 5.41) is 9.25. The number of carbonyl (C=O) groups is 1. The summed E-state index contributed by atoms with van der Waals surface area (Å²) in [4.78, 5) is 13.8. The van der Waals surface area contributed by atoms with Crippen LogP contribution in [-0.4, -0.2) is 23.4 Å². The predicted octanol–water partition coefficient (Wildman–Crippen LogP) is 4.07. The van der Waals surface area contributed by atoms with Gasteiger partial charge in [0.1, 0.15) is 5.54 Å². The highest BCUT2D eigenvalue weighted by Crippen LogP contribution is 2.36. The third kappa shape index (κ3) is 3.85. The van der Waals surface area contributed by atoms with Gasteiger partial charge in [-0.15, -0.1) is 0 Å².